The highest BCUT2D eigenvalue weighted by molar-refractivity contribution is 9.10. The number of fused-ring (bicyclic) bond motifs is 1. The van der Waals surface area contributed by atoms with Crippen molar-refractivity contribution in [2.24, 2.45) is 0 Å². The standard InChI is InChI=1S/C24H22BrClN2O3S/c1-17-13-19-14-20(25)7-12-23(19)28(17)24(29)16-27(15-18-5-3-2-4-6-18)32(30,31)22-10-8-21(26)9-11-22/h2-12,14,17H,13,15-16H2,1H3/t17-/m0/s1. The smallest absolute Gasteiger partial charge is 0.243 e. The number of benzene rings is 3. The van der Waals surface area contributed by atoms with Gasteiger partial charge in [-0.25, -0.2) is 8.42 Å². The molecule has 0 N–H and O–H groups in total. The predicted molar refractivity (Wildman–Crippen MR) is 130 cm³/mol. The van der Waals surface area contributed by atoms with Crippen LogP contribution in [-0.2, 0) is 27.8 Å². The number of sulfonamides is 1. The molecular weight excluding hydrogens is 512 g/mol. The quantitative estimate of drug-likeness (QED) is 0.434. The molecule has 3 aromatic carbocycles. The zero-order valence-electron chi connectivity index (χ0n) is 17.4. The second kappa shape index (κ2) is 9.35. The van der Waals surface area contributed by atoms with Gasteiger partial charge in [-0.05, 0) is 66.9 Å². The van der Waals surface area contributed by atoms with Crippen molar-refractivity contribution in [1.82, 2.24) is 4.31 Å². The molecule has 0 aromatic heterocycles. The van der Waals surface area contributed by atoms with Gasteiger partial charge < -0.3 is 4.90 Å². The number of carbonyl (C=O) groups is 1. The fourth-order valence-electron chi connectivity index (χ4n) is 3.98. The molecule has 0 bridgehead atoms. The summed E-state index contributed by atoms with van der Waals surface area (Å²) in [7, 11) is -3.92. The summed E-state index contributed by atoms with van der Waals surface area (Å²) in [5, 5.41) is 0.447. The summed E-state index contributed by atoms with van der Waals surface area (Å²) in [6.07, 6.45) is 0.725. The minimum absolute atomic E-state index is 0.0522. The van der Waals surface area contributed by atoms with Crippen LogP contribution in [0.15, 0.2) is 82.2 Å². The van der Waals surface area contributed by atoms with Crippen LogP contribution in [0.3, 0.4) is 0 Å². The molecule has 0 radical (unpaired) electrons. The van der Waals surface area contributed by atoms with E-state index in [0.717, 1.165) is 27.7 Å². The average molecular weight is 534 g/mol. The van der Waals surface area contributed by atoms with E-state index in [-0.39, 0.29) is 29.9 Å². The Morgan fingerprint density at radius 2 is 1.78 bits per heavy atom. The van der Waals surface area contributed by atoms with Crippen molar-refractivity contribution in [2.75, 3.05) is 11.4 Å². The van der Waals surface area contributed by atoms with Crippen LogP contribution in [0.5, 0.6) is 0 Å². The van der Waals surface area contributed by atoms with Crippen LogP contribution in [0, 0.1) is 0 Å². The van der Waals surface area contributed by atoms with Gasteiger partial charge in [0.05, 0.1) is 11.4 Å². The van der Waals surface area contributed by atoms with E-state index in [2.05, 4.69) is 15.9 Å². The molecule has 1 heterocycles. The maximum absolute atomic E-state index is 13.5. The first kappa shape index (κ1) is 23.0. The molecule has 0 aliphatic carbocycles. The van der Waals surface area contributed by atoms with Gasteiger partial charge in [0.2, 0.25) is 15.9 Å². The van der Waals surface area contributed by atoms with Crippen molar-refractivity contribution in [1.29, 1.82) is 0 Å². The first-order valence-corrected chi connectivity index (χ1v) is 12.8. The molecule has 32 heavy (non-hydrogen) atoms. The van der Waals surface area contributed by atoms with Crippen LogP contribution >= 0.6 is 27.5 Å². The minimum atomic E-state index is -3.92. The summed E-state index contributed by atoms with van der Waals surface area (Å²) >= 11 is 9.42. The molecule has 1 aliphatic heterocycles. The monoisotopic (exact) mass is 532 g/mol. The average Bonchev–Trinajstić information content (AvgIpc) is 3.09. The number of halogens is 2. The van der Waals surface area contributed by atoms with E-state index in [0.29, 0.717) is 5.02 Å². The zero-order valence-corrected chi connectivity index (χ0v) is 20.6. The van der Waals surface area contributed by atoms with Crippen molar-refractivity contribution in [3.63, 3.8) is 0 Å². The summed E-state index contributed by atoms with van der Waals surface area (Å²) in [5.41, 5.74) is 2.70. The molecule has 3 aromatic rings. The fourth-order valence-corrected chi connectivity index (χ4v) is 5.89. The fraction of sp³-hybridized carbons (Fsp3) is 0.208. The topological polar surface area (TPSA) is 57.7 Å². The van der Waals surface area contributed by atoms with Crippen LogP contribution < -0.4 is 4.90 Å². The maximum atomic E-state index is 13.5. The van der Waals surface area contributed by atoms with Gasteiger partial charge in [-0.3, -0.25) is 4.79 Å². The van der Waals surface area contributed by atoms with Gasteiger partial charge in [0.15, 0.2) is 0 Å². The Hall–Kier alpha value is -2.19. The van der Waals surface area contributed by atoms with Crippen molar-refractivity contribution >= 4 is 49.1 Å². The van der Waals surface area contributed by atoms with Crippen molar-refractivity contribution in [3.05, 3.63) is 93.4 Å². The second-order valence-corrected chi connectivity index (χ2v) is 11.1. The van der Waals surface area contributed by atoms with Crippen molar-refractivity contribution in [2.45, 2.75) is 30.8 Å². The third-order valence-electron chi connectivity index (χ3n) is 5.49. The van der Waals surface area contributed by atoms with E-state index in [1.807, 2.05) is 55.5 Å². The van der Waals surface area contributed by atoms with Gasteiger partial charge in [0.1, 0.15) is 0 Å². The Morgan fingerprint density at radius 1 is 1.09 bits per heavy atom. The molecule has 4 rings (SSSR count). The summed E-state index contributed by atoms with van der Waals surface area (Å²) in [5.74, 6) is -0.257. The maximum Gasteiger partial charge on any atom is 0.243 e. The molecule has 1 atom stereocenters. The van der Waals surface area contributed by atoms with Crippen LogP contribution in [0.1, 0.15) is 18.1 Å². The summed E-state index contributed by atoms with van der Waals surface area (Å²) < 4.78 is 29.1. The van der Waals surface area contributed by atoms with Crippen molar-refractivity contribution < 1.29 is 13.2 Å². The van der Waals surface area contributed by atoms with Gasteiger partial charge in [-0.1, -0.05) is 57.9 Å². The lowest BCUT2D eigenvalue weighted by Crippen LogP contribution is -2.44. The molecule has 0 fully saturated rings. The Morgan fingerprint density at radius 3 is 2.47 bits per heavy atom. The number of amides is 1. The molecule has 166 valence electrons. The summed E-state index contributed by atoms with van der Waals surface area (Å²) in [4.78, 5) is 15.2. The van der Waals surface area contributed by atoms with Gasteiger partial charge in [-0.15, -0.1) is 0 Å². The largest absolute Gasteiger partial charge is 0.308 e. The Kier molecular flexibility index (Phi) is 6.72. The number of anilines is 1. The molecule has 0 unspecified atom stereocenters. The molecular formula is C24H22BrClN2O3S. The number of nitrogens with zero attached hydrogens (tertiary/aromatic N) is 2. The Balaban J connectivity index is 1.66. The van der Waals surface area contributed by atoms with E-state index < -0.39 is 10.0 Å². The van der Waals surface area contributed by atoms with E-state index >= 15 is 0 Å². The number of hydrogen-bond acceptors (Lipinski definition) is 3. The van der Waals surface area contributed by atoms with E-state index in [9.17, 15) is 13.2 Å². The van der Waals surface area contributed by atoms with Crippen LogP contribution in [0.2, 0.25) is 5.02 Å². The predicted octanol–water partition coefficient (Wildman–Crippen LogP) is 5.27. The van der Waals surface area contributed by atoms with Crippen LogP contribution in [-0.4, -0.2) is 31.2 Å². The normalized spacial score (nSPS) is 15.8. The van der Waals surface area contributed by atoms with Crippen molar-refractivity contribution in [3.8, 4) is 0 Å². The molecule has 0 saturated heterocycles. The SMILES string of the molecule is C[C@H]1Cc2cc(Br)ccc2N1C(=O)CN(Cc1ccccc1)S(=O)(=O)c1ccc(Cl)cc1. The lowest BCUT2D eigenvalue weighted by molar-refractivity contribution is -0.119. The lowest BCUT2D eigenvalue weighted by Gasteiger charge is -2.27. The number of carbonyl (C=O) groups excluding carboxylic acids is 1. The third-order valence-corrected chi connectivity index (χ3v) is 8.04. The molecule has 8 heteroatoms. The lowest BCUT2D eigenvalue weighted by atomic mass is 10.1. The Labute approximate surface area is 201 Å². The van der Waals surface area contributed by atoms with Crippen LogP contribution in [0.4, 0.5) is 5.69 Å². The van der Waals surface area contributed by atoms with Gasteiger partial charge >= 0.3 is 0 Å². The highest BCUT2D eigenvalue weighted by Crippen LogP contribution is 2.34. The van der Waals surface area contributed by atoms with E-state index in [1.54, 1.807) is 4.90 Å². The molecule has 1 aliphatic rings. The van der Waals surface area contributed by atoms with Crippen LogP contribution in [0.25, 0.3) is 0 Å². The molecule has 0 saturated carbocycles. The minimum Gasteiger partial charge on any atom is -0.308 e. The first-order chi connectivity index (χ1) is 15.3. The van der Waals surface area contributed by atoms with Gasteiger partial charge in [-0.2, -0.15) is 4.31 Å². The third kappa shape index (κ3) is 4.76. The van der Waals surface area contributed by atoms with E-state index in [4.69, 9.17) is 11.6 Å². The summed E-state index contributed by atoms with van der Waals surface area (Å²) in [6.45, 7) is 1.80. The zero-order chi connectivity index (χ0) is 22.9. The summed E-state index contributed by atoms with van der Waals surface area (Å²) in [6, 6.07) is 21.0. The molecule has 1 amide bonds. The molecule has 0 spiro atoms. The number of rotatable bonds is 6. The van der Waals surface area contributed by atoms with Gasteiger partial charge in [0, 0.05) is 27.8 Å². The number of hydrogen-bond donors (Lipinski definition) is 0. The highest BCUT2D eigenvalue weighted by atomic mass is 79.9. The molecule has 5 nitrogen and oxygen atoms in total. The first-order valence-electron chi connectivity index (χ1n) is 10.2. The highest BCUT2D eigenvalue weighted by Gasteiger charge is 2.34. The van der Waals surface area contributed by atoms with E-state index in [1.165, 1.54) is 28.6 Å². The Bertz CT molecular complexity index is 1230. The van der Waals surface area contributed by atoms with Gasteiger partial charge in [0.25, 0.3) is 0 Å². The second-order valence-electron chi connectivity index (χ2n) is 7.80.